The van der Waals surface area contributed by atoms with Crippen LogP contribution in [-0.4, -0.2) is 10.9 Å². The summed E-state index contributed by atoms with van der Waals surface area (Å²) in [6.45, 7) is 2.52. The first kappa shape index (κ1) is 16.2. The zero-order valence-electron chi connectivity index (χ0n) is 13.4. The number of nitrogens with one attached hydrogen (secondary N) is 1. The van der Waals surface area contributed by atoms with E-state index >= 15 is 0 Å². The largest absolute Gasteiger partial charge is 0.487 e. The molecule has 1 amide bonds. The van der Waals surface area contributed by atoms with Crippen molar-refractivity contribution in [3.05, 3.63) is 76.2 Å². The second kappa shape index (κ2) is 7.75. The monoisotopic (exact) mass is 338 g/mol. The number of aryl methyl sites for hydroxylation is 1. The second-order valence-corrected chi connectivity index (χ2v) is 6.02. The van der Waals surface area contributed by atoms with Crippen LogP contribution in [0.5, 0.6) is 5.75 Å². The number of benzene rings is 2. The number of carbonyl (C=O) groups excluding carboxylic acids is 1. The van der Waals surface area contributed by atoms with Gasteiger partial charge in [-0.3, -0.25) is 4.79 Å². The van der Waals surface area contributed by atoms with Gasteiger partial charge in [0.2, 0.25) is 0 Å². The van der Waals surface area contributed by atoms with Gasteiger partial charge in [-0.25, -0.2) is 4.98 Å². The zero-order chi connectivity index (χ0) is 16.8. The van der Waals surface area contributed by atoms with Gasteiger partial charge in [-0.15, -0.1) is 11.3 Å². The summed E-state index contributed by atoms with van der Waals surface area (Å²) in [6, 6.07) is 15.0. The van der Waals surface area contributed by atoms with E-state index in [2.05, 4.69) is 17.2 Å². The molecule has 0 fully saturated rings. The summed E-state index contributed by atoms with van der Waals surface area (Å²) >= 11 is 1.54. The van der Waals surface area contributed by atoms with Crippen LogP contribution in [0.4, 0.5) is 5.69 Å². The molecule has 0 spiro atoms. The number of nitrogens with zero attached hydrogens (tertiary/aromatic N) is 1. The average Bonchev–Trinajstić information content (AvgIpc) is 3.14. The Morgan fingerprint density at radius 2 is 2.04 bits per heavy atom. The van der Waals surface area contributed by atoms with Crippen LogP contribution in [0.2, 0.25) is 0 Å². The molecule has 3 aromatic rings. The highest BCUT2D eigenvalue weighted by atomic mass is 32.1. The topological polar surface area (TPSA) is 51.2 Å². The Hall–Kier alpha value is -2.66. The molecule has 24 heavy (non-hydrogen) atoms. The molecule has 0 saturated carbocycles. The summed E-state index contributed by atoms with van der Waals surface area (Å²) in [6.07, 6.45) is 0.939. The number of hydrogen-bond donors (Lipinski definition) is 1. The molecule has 3 rings (SSSR count). The molecule has 4 nitrogen and oxygen atoms in total. The molecule has 2 aromatic carbocycles. The fourth-order valence-electron chi connectivity index (χ4n) is 2.24. The van der Waals surface area contributed by atoms with E-state index in [9.17, 15) is 4.79 Å². The minimum absolute atomic E-state index is 0.130. The van der Waals surface area contributed by atoms with E-state index in [1.54, 1.807) is 41.1 Å². The molecule has 0 unspecified atom stereocenters. The fraction of sp³-hybridized carbons (Fsp3) is 0.158. The van der Waals surface area contributed by atoms with Gasteiger partial charge >= 0.3 is 0 Å². The normalized spacial score (nSPS) is 10.4. The van der Waals surface area contributed by atoms with E-state index in [1.807, 2.05) is 29.6 Å². The average molecular weight is 338 g/mol. The highest BCUT2D eigenvalue weighted by Crippen LogP contribution is 2.16. The van der Waals surface area contributed by atoms with Crippen LogP contribution in [0.3, 0.4) is 0 Å². The lowest BCUT2D eigenvalue weighted by Crippen LogP contribution is -2.11. The Morgan fingerprint density at radius 1 is 1.21 bits per heavy atom. The summed E-state index contributed by atoms with van der Waals surface area (Å²) in [5.74, 6) is 0.585. The highest BCUT2D eigenvalue weighted by Gasteiger charge is 2.07. The maximum atomic E-state index is 12.3. The van der Waals surface area contributed by atoms with Crippen LogP contribution < -0.4 is 10.1 Å². The molecule has 0 aliphatic heterocycles. The lowest BCUT2D eigenvalue weighted by molar-refractivity contribution is 0.102. The van der Waals surface area contributed by atoms with Gasteiger partial charge in [0.25, 0.3) is 5.91 Å². The van der Waals surface area contributed by atoms with Crippen LogP contribution in [0, 0.1) is 0 Å². The Kier molecular flexibility index (Phi) is 5.23. The van der Waals surface area contributed by atoms with Crippen LogP contribution in [0.15, 0.2) is 59.4 Å². The molecule has 1 aromatic heterocycles. The van der Waals surface area contributed by atoms with Crippen LogP contribution in [0.1, 0.15) is 28.5 Å². The van der Waals surface area contributed by atoms with E-state index in [4.69, 9.17) is 4.74 Å². The number of aromatic nitrogens is 1. The van der Waals surface area contributed by atoms with E-state index in [-0.39, 0.29) is 5.91 Å². The molecular weight excluding hydrogens is 320 g/mol. The van der Waals surface area contributed by atoms with Crippen molar-refractivity contribution in [2.24, 2.45) is 0 Å². The summed E-state index contributed by atoms with van der Waals surface area (Å²) in [5, 5.41) is 4.87. The third kappa shape index (κ3) is 4.20. The third-order valence-corrected chi connectivity index (χ3v) is 4.22. The summed E-state index contributed by atoms with van der Waals surface area (Å²) in [7, 11) is 0. The number of carbonyl (C=O) groups is 1. The van der Waals surface area contributed by atoms with Crippen LogP contribution in [-0.2, 0) is 13.0 Å². The first-order valence-corrected chi connectivity index (χ1v) is 8.69. The number of thiazole rings is 1. The van der Waals surface area contributed by atoms with E-state index < -0.39 is 0 Å². The van der Waals surface area contributed by atoms with E-state index in [0.717, 1.165) is 17.8 Å². The van der Waals surface area contributed by atoms with Gasteiger partial charge in [-0.05, 0) is 48.4 Å². The Balaban J connectivity index is 1.60. The van der Waals surface area contributed by atoms with Gasteiger partial charge in [-0.1, -0.05) is 19.1 Å². The van der Waals surface area contributed by atoms with Crippen molar-refractivity contribution in [3.8, 4) is 5.75 Å². The Morgan fingerprint density at radius 3 is 2.75 bits per heavy atom. The molecule has 0 aliphatic rings. The summed E-state index contributed by atoms with van der Waals surface area (Å²) in [5.41, 5.74) is 5.27. The predicted octanol–water partition coefficient (Wildman–Crippen LogP) is 4.54. The fourth-order valence-corrected chi connectivity index (χ4v) is 2.78. The SMILES string of the molecule is CCc1cccc(NC(=O)c2ccc(OCc3cscn3)cc2)c1. The third-order valence-electron chi connectivity index (χ3n) is 3.58. The maximum absolute atomic E-state index is 12.3. The molecule has 0 saturated heterocycles. The van der Waals surface area contributed by atoms with Crippen molar-refractivity contribution in [3.63, 3.8) is 0 Å². The van der Waals surface area contributed by atoms with E-state index in [1.165, 1.54) is 5.56 Å². The highest BCUT2D eigenvalue weighted by molar-refractivity contribution is 7.07. The van der Waals surface area contributed by atoms with Gasteiger partial charge < -0.3 is 10.1 Å². The van der Waals surface area contributed by atoms with Crippen molar-refractivity contribution < 1.29 is 9.53 Å². The van der Waals surface area contributed by atoms with Gasteiger partial charge in [0.1, 0.15) is 12.4 Å². The lowest BCUT2D eigenvalue weighted by atomic mass is 10.1. The maximum Gasteiger partial charge on any atom is 0.255 e. The summed E-state index contributed by atoms with van der Waals surface area (Å²) < 4.78 is 5.65. The number of ether oxygens (including phenoxy) is 1. The molecule has 0 aliphatic carbocycles. The summed E-state index contributed by atoms with van der Waals surface area (Å²) in [4.78, 5) is 16.5. The molecule has 122 valence electrons. The van der Waals surface area contributed by atoms with Gasteiger partial charge in [0, 0.05) is 16.6 Å². The molecule has 1 heterocycles. The smallest absolute Gasteiger partial charge is 0.255 e. The zero-order valence-corrected chi connectivity index (χ0v) is 14.2. The lowest BCUT2D eigenvalue weighted by Gasteiger charge is -2.08. The minimum Gasteiger partial charge on any atom is -0.487 e. The van der Waals surface area contributed by atoms with Gasteiger partial charge in [-0.2, -0.15) is 0 Å². The van der Waals surface area contributed by atoms with Crippen molar-refractivity contribution in [2.45, 2.75) is 20.0 Å². The second-order valence-electron chi connectivity index (χ2n) is 5.30. The first-order chi connectivity index (χ1) is 11.7. The number of rotatable bonds is 6. The first-order valence-electron chi connectivity index (χ1n) is 7.75. The molecule has 5 heteroatoms. The van der Waals surface area contributed by atoms with Crippen molar-refractivity contribution in [1.29, 1.82) is 0 Å². The Bertz CT molecular complexity index is 798. The standard InChI is InChI=1S/C19H18N2O2S/c1-2-14-4-3-5-16(10-14)21-19(22)15-6-8-18(9-7-15)23-11-17-12-24-13-20-17/h3-10,12-13H,2,11H2,1H3,(H,21,22). The van der Waals surface area contributed by atoms with Crippen LogP contribution in [0.25, 0.3) is 0 Å². The van der Waals surface area contributed by atoms with Crippen LogP contribution >= 0.6 is 11.3 Å². The quantitative estimate of drug-likeness (QED) is 0.718. The molecule has 0 bridgehead atoms. The Labute approximate surface area is 145 Å². The van der Waals surface area contributed by atoms with E-state index in [0.29, 0.717) is 17.9 Å². The number of amides is 1. The van der Waals surface area contributed by atoms with Gasteiger partial charge in [0.05, 0.1) is 11.2 Å². The van der Waals surface area contributed by atoms with Gasteiger partial charge in [0.15, 0.2) is 0 Å². The minimum atomic E-state index is -0.130. The molecule has 0 radical (unpaired) electrons. The number of anilines is 1. The molecule has 1 N–H and O–H groups in total. The van der Waals surface area contributed by atoms with Crippen molar-refractivity contribution >= 4 is 22.9 Å². The van der Waals surface area contributed by atoms with Crippen molar-refractivity contribution in [2.75, 3.05) is 5.32 Å². The predicted molar refractivity (Wildman–Crippen MR) is 96.7 cm³/mol. The van der Waals surface area contributed by atoms with Crippen molar-refractivity contribution in [1.82, 2.24) is 4.98 Å². The molecule has 0 atom stereocenters. The number of hydrogen-bond acceptors (Lipinski definition) is 4. The molecular formula is C19H18N2O2S.